The van der Waals surface area contributed by atoms with Gasteiger partial charge in [0.2, 0.25) is 0 Å². The van der Waals surface area contributed by atoms with Gasteiger partial charge in [0, 0.05) is 19.3 Å². The summed E-state index contributed by atoms with van der Waals surface area (Å²) < 4.78 is 1.70. The van der Waals surface area contributed by atoms with E-state index < -0.39 is 0 Å². The maximum absolute atomic E-state index is 9.02. The lowest BCUT2D eigenvalue weighted by Gasteiger charge is -2.00. The summed E-state index contributed by atoms with van der Waals surface area (Å²) in [7, 11) is 1.84. The predicted octanol–water partition coefficient (Wildman–Crippen LogP) is 1.26. The van der Waals surface area contributed by atoms with Gasteiger partial charge in [-0.3, -0.25) is 4.68 Å². The van der Waals surface area contributed by atoms with E-state index in [0.29, 0.717) is 5.82 Å². The average Bonchev–Trinajstić information content (AvgIpc) is 2.56. The first-order chi connectivity index (χ1) is 6.74. The van der Waals surface area contributed by atoms with Crippen molar-refractivity contribution in [2.45, 2.75) is 0 Å². The third-order valence-electron chi connectivity index (χ3n) is 1.72. The number of nitrogens with zero attached hydrogens (tertiary/aromatic N) is 3. The molecule has 2 aromatic heterocycles. The van der Waals surface area contributed by atoms with Crippen LogP contribution in [0.2, 0.25) is 0 Å². The van der Waals surface area contributed by atoms with Crippen LogP contribution in [0.25, 0.3) is 0 Å². The summed E-state index contributed by atoms with van der Waals surface area (Å²) >= 11 is 0. The topological polar surface area (TPSA) is 63.0 Å². The van der Waals surface area contributed by atoms with Gasteiger partial charge in [0.1, 0.15) is 11.6 Å². The molecule has 0 saturated carbocycles. The zero-order valence-electron chi connectivity index (χ0n) is 7.68. The molecule has 0 unspecified atom stereocenters. The van der Waals surface area contributed by atoms with Gasteiger partial charge in [-0.15, -0.1) is 0 Å². The van der Waals surface area contributed by atoms with E-state index in [4.69, 9.17) is 5.11 Å². The highest BCUT2D eigenvalue weighted by molar-refractivity contribution is 5.51. The van der Waals surface area contributed by atoms with Crippen LogP contribution in [0.4, 0.5) is 11.6 Å². The lowest BCUT2D eigenvalue weighted by Crippen LogP contribution is -1.95. The Hall–Kier alpha value is -2.04. The molecule has 14 heavy (non-hydrogen) atoms. The van der Waals surface area contributed by atoms with Crippen LogP contribution in [0.5, 0.6) is 5.75 Å². The molecule has 2 N–H and O–H groups in total. The van der Waals surface area contributed by atoms with Gasteiger partial charge < -0.3 is 10.4 Å². The molecule has 2 heterocycles. The van der Waals surface area contributed by atoms with Gasteiger partial charge >= 0.3 is 0 Å². The monoisotopic (exact) mass is 190 g/mol. The molecule has 0 fully saturated rings. The molecular formula is C9H10N4O. The maximum Gasteiger partial charge on any atom is 0.153 e. The van der Waals surface area contributed by atoms with E-state index in [9.17, 15) is 0 Å². The fourth-order valence-electron chi connectivity index (χ4n) is 1.07. The molecule has 0 atom stereocenters. The number of aromatic nitrogens is 3. The van der Waals surface area contributed by atoms with Crippen molar-refractivity contribution in [2.24, 2.45) is 7.05 Å². The molecule has 0 radical (unpaired) electrons. The Morgan fingerprint density at radius 3 is 2.71 bits per heavy atom. The normalized spacial score (nSPS) is 10.1. The lowest BCUT2D eigenvalue weighted by molar-refractivity contribution is 0.473. The molecule has 0 amide bonds. The van der Waals surface area contributed by atoms with Crippen LogP contribution >= 0.6 is 0 Å². The number of aryl methyl sites for hydroxylation is 1. The lowest BCUT2D eigenvalue weighted by atomic mass is 10.4. The highest BCUT2D eigenvalue weighted by atomic mass is 16.3. The highest BCUT2D eigenvalue weighted by Gasteiger charge is 1.98. The predicted molar refractivity (Wildman–Crippen MR) is 52.4 cm³/mol. The molecule has 0 saturated heterocycles. The van der Waals surface area contributed by atoms with Crippen molar-refractivity contribution in [2.75, 3.05) is 5.32 Å². The number of hydrogen-bond donors (Lipinski definition) is 2. The zero-order chi connectivity index (χ0) is 9.97. The molecular weight excluding hydrogens is 180 g/mol. The van der Waals surface area contributed by atoms with Crippen molar-refractivity contribution in [1.29, 1.82) is 0 Å². The fraction of sp³-hybridized carbons (Fsp3) is 0.111. The second-order valence-electron chi connectivity index (χ2n) is 2.90. The Morgan fingerprint density at radius 1 is 1.29 bits per heavy atom. The quantitative estimate of drug-likeness (QED) is 0.748. The van der Waals surface area contributed by atoms with E-state index in [1.54, 1.807) is 16.8 Å². The Morgan fingerprint density at radius 2 is 2.14 bits per heavy atom. The van der Waals surface area contributed by atoms with Gasteiger partial charge in [-0.25, -0.2) is 4.98 Å². The standard InChI is InChI=1S/C9H10N4O/c1-13-5-4-9(12-13)11-8-3-2-7(14)6-10-8/h2-6,14H,1H3,(H,10,11,12). The minimum atomic E-state index is 0.150. The van der Waals surface area contributed by atoms with E-state index in [2.05, 4.69) is 15.4 Å². The molecule has 0 aliphatic carbocycles. The average molecular weight is 190 g/mol. The van der Waals surface area contributed by atoms with Crippen molar-refractivity contribution in [3.8, 4) is 5.75 Å². The number of hydrogen-bond acceptors (Lipinski definition) is 4. The van der Waals surface area contributed by atoms with Gasteiger partial charge in [-0.2, -0.15) is 5.10 Å². The van der Waals surface area contributed by atoms with Crippen molar-refractivity contribution < 1.29 is 5.11 Å². The molecule has 5 heteroatoms. The molecule has 0 aliphatic heterocycles. The highest BCUT2D eigenvalue weighted by Crippen LogP contribution is 2.13. The van der Waals surface area contributed by atoms with Gasteiger partial charge in [0.05, 0.1) is 6.20 Å². The third kappa shape index (κ3) is 1.82. The van der Waals surface area contributed by atoms with Crippen molar-refractivity contribution in [3.05, 3.63) is 30.6 Å². The van der Waals surface area contributed by atoms with Crippen molar-refractivity contribution in [1.82, 2.24) is 14.8 Å². The molecule has 0 bridgehead atoms. The van der Waals surface area contributed by atoms with Crippen LogP contribution in [-0.2, 0) is 7.05 Å². The van der Waals surface area contributed by atoms with E-state index in [-0.39, 0.29) is 5.75 Å². The van der Waals surface area contributed by atoms with Gasteiger partial charge in [0.25, 0.3) is 0 Å². The maximum atomic E-state index is 9.02. The summed E-state index contributed by atoms with van der Waals surface area (Å²) in [6, 6.07) is 5.09. The smallest absolute Gasteiger partial charge is 0.153 e. The molecule has 2 aromatic rings. The number of nitrogens with one attached hydrogen (secondary N) is 1. The Balaban J connectivity index is 2.15. The van der Waals surface area contributed by atoms with Gasteiger partial charge in [-0.1, -0.05) is 0 Å². The molecule has 5 nitrogen and oxygen atoms in total. The largest absolute Gasteiger partial charge is 0.506 e. The molecule has 0 aromatic carbocycles. The number of rotatable bonds is 2. The van der Waals surface area contributed by atoms with E-state index in [1.807, 2.05) is 19.3 Å². The number of aromatic hydroxyl groups is 1. The minimum Gasteiger partial charge on any atom is -0.506 e. The van der Waals surface area contributed by atoms with Gasteiger partial charge in [0.15, 0.2) is 5.82 Å². The fourth-order valence-corrected chi connectivity index (χ4v) is 1.07. The summed E-state index contributed by atoms with van der Waals surface area (Å²) in [6.45, 7) is 0. The van der Waals surface area contributed by atoms with Crippen molar-refractivity contribution >= 4 is 11.6 Å². The SMILES string of the molecule is Cn1ccc(Nc2ccc(O)cn2)n1. The third-order valence-corrected chi connectivity index (χ3v) is 1.72. The van der Waals surface area contributed by atoms with E-state index in [1.165, 1.54) is 6.20 Å². The Labute approximate surface area is 81.0 Å². The number of anilines is 2. The second-order valence-corrected chi connectivity index (χ2v) is 2.90. The van der Waals surface area contributed by atoms with Gasteiger partial charge in [-0.05, 0) is 12.1 Å². The Kier molecular flexibility index (Phi) is 2.06. The first-order valence-corrected chi connectivity index (χ1v) is 4.16. The van der Waals surface area contributed by atoms with Crippen LogP contribution in [0.1, 0.15) is 0 Å². The molecule has 0 spiro atoms. The van der Waals surface area contributed by atoms with E-state index >= 15 is 0 Å². The van der Waals surface area contributed by atoms with Crippen LogP contribution < -0.4 is 5.32 Å². The van der Waals surface area contributed by atoms with E-state index in [0.717, 1.165) is 5.82 Å². The number of pyridine rings is 1. The zero-order valence-corrected chi connectivity index (χ0v) is 7.68. The van der Waals surface area contributed by atoms with Crippen LogP contribution in [0.3, 0.4) is 0 Å². The summed E-state index contributed by atoms with van der Waals surface area (Å²) in [5.74, 6) is 1.53. The summed E-state index contributed by atoms with van der Waals surface area (Å²) in [5.41, 5.74) is 0. The van der Waals surface area contributed by atoms with Crippen LogP contribution in [-0.4, -0.2) is 19.9 Å². The van der Waals surface area contributed by atoms with Crippen molar-refractivity contribution in [3.63, 3.8) is 0 Å². The van der Waals surface area contributed by atoms with Crippen LogP contribution in [0, 0.1) is 0 Å². The first-order valence-electron chi connectivity index (χ1n) is 4.16. The summed E-state index contributed by atoms with van der Waals surface area (Å²) in [6.07, 6.45) is 3.22. The second kappa shape index (κ2) is 3.37. The Bertz CT molecular complexity index is 421. The summed E-state index contributed by atoms with van der Waals surface area (Å²) in [4.78, 5) is 3.97. The molecule has 72 valence electrons. The summed E-state index contributed by atoms with van der Waals surface area (Å²) in [5, 5.41) is 16.1. The first kappa shape index (κ1) is 8.55. The van der Waals surface area contributed by atoms with Crippen LogP contribution in [0.15, 0.2) is 30.6 Å². The molecule has 0 aliphatic rings. The minimum absolute atomic E-state index is 0.150. The molecule has 2 rings (SSSR count).